The molecule has 1 aliphatic rings. The molecular weight excluding hydrogens is 292 g/mol. The Kier molecular flexibility index (Phi) is 5.53. The number of likely N-dealkylation sites (tertiary alicyclic amines) is 1. The quantitative estimate of drug-likeness (QED) is 0.803. The van der Waals surface area contributed by atoms with Crippen LogP contribution in [0.15, 0.2) is 30.6 Å². The molecule has 0 saturated carbocycles. The van der Waals surface area contributed by atoms with E-state index in [1.165, 1.54) is 0 Å². The molecule has 1 unspecified atom stereocenters. The molecule has 1 saturated heterocycles. The first-order valence-electron chi connectivity index (χ1n) is 7.95. The molecule has 0 spiro atoms. The lowest BCUT2D eigenvalue weighted by Gasteiger charge is -2.33. The molecular formula is C18H24N2O3. The van der Waals surface area contributed by atoms with Gasteiger partial charge in [-0.2, -0.15) is 0 Å². The minimum atomic E-state index is -0.519. The fourth-order valence-electron chi connectivity index (χ4n) is 2.49. The average molecular weight is 316 g/mol. The normalized spacial score (nSPS) is 18.9. The number of ketones is 1. The molecule has 0 aliphatic carbocycles. The molecule has 5 nitrogen and oxygen atoms in total. The van der Waals surface area contributed by atoms with Crippen LogP contribution in [0.5, 0.6) is 0 Å². The number of rotatable bonds is 3. The Morgan fingerprint density at radius 3 is 2.65 bits per heavy atom. The first-order valence-corrected chi connectivity index (χ1v) is 7.95. The minimum absolute atomic E-state index is 0.0510. The van der Waals surface area contributed by atoms with Crippen molar-refractivity contribution in [3.8, 4) is 0 Å². The Morgan fingerprint density at radius 1 is 1.30 bits per heavy atom. The lowest BCUT2D eigenvalue weighted by atomic mass is 9.93. The molecule has 1 aromatic rings. The molecule has 0 bridgehead atoms. The fourth-order valence-corrected chi connectivity index (χ4v) is 2.49. The molecule has 124 valence electrons. The minimum Gasteiger partial charge on any atom is -0.444 e. The molecule has 1 fully saturated rings. The SMILES string of the molecule is CC(C)(C)OC(=O)N1CCCC(C(=O)/C=C/c2ccncc2)C1. The van der Waals surface area contributed by atoms with Crippen molar-refractivity contribution in [2.24, 2.45) is 5.92 Å². The van der Waals surface area contributed by atoms with E-state index in [0.717, 1.165) is 18.4 Å². The van der Waals surface area contributed by atoms with Gasteiger partial charge in [-0.15, -0.1) is 0 Å². The smallest absolute Gasteiger partial charge is 0.410 e. The molecule has 1 atom stereocenters. The third-order valence-corrected chi connectivity index (χ3v) is 3.62. The van der Waals surface area contributed by atoms with Gasteiger partial charge in [-0.25, -0.2) is 4.79 Å². The highest BCUT2D eigenvalue weighted by molar-refractivity contribution is 5.95. The number of hydrogen-bond donors (Lipinski definition) is 0. The molecule has 1 aliphatic heterocycles. The Balaban J connectivity index is 1.94. The number of pyridine rings is 1. The summed E-state index contributed by atoms with van der Waals surface area (Å²) in [5.41, 5.74) is 0.420. The molecule has 2 heterocycles. The van der Waals surface area contributed by atoms with Crippen LogP contribution in [0, 0.1) is 5.92 Å². The van der Waals surface area contributed by atoms with E-state index in [0.29, 0.717) is 13.1 Å². The first-order chi connectivity index (χ1) is 10.8. The summed E-state index contributed by atoms with van der Waals surface area (Å²) in [6, 6.07) is 3.69. The van der Waals surface area contributed by atoms with E-state index in [-0.39, 0.29) is 17.8 Å². The van der Waals surface area contributed by atoms with Crippen LogP contribution in [-0.2, 0) is 9.53 Å². The van der Waals surface area contributed by atoms with Crippen molar-refractivity contribution in [3.05, 3.63) is 36.2 Å². The number of carbonyl (C=O) groups is 2. The summed E-state index contributed by atoms with van der Waals surface area (Å²) in [7, 11) is 0. The maximum Gasteiger partial charge on any atom is 0.410 e. The van der Waals surface area contributed by atoms with Gasteiger partial charge in [0.2, 0.25) is 0 Å². The van der Waals surface area contributed by atoms with E-state index in [9.17, 15) is 9.59 Å². The van der Waals surface area contributed by atoms with Crippen molar-refractivity contribution in [3.63, 3.8) is 0 Å². The van der Waals surface area contributed by atoms with E-state index in [1.807, 2.05) is 32.9 Å². The molecule has 2 rings (SSSR count). The van der Waals surface area contributed by atoms with E-state index in [4.69, 9.17) is 4.74 Å². The Hall–Kier alpha value is -2.17. The zero-order valence-electron chi connectivity index (χ0n) is 14.0. The van der Waals surface area contributed by atoms with Crippen molar-refractivity contribution in [1.82, 2.24) is 9.88 Å². The fraction of sp³-hybridized carbons (Fsp3) is 0.500. The number of piperidine rings is 1. The predicted molar refractivity (Wildman–Crippen MR) is 88.8 cm³/mol. The third kappa shape index (κ3) is 5.51. The highest BCUT2D eigenvalue weighted by atomic mass is 16.6. The van der Waals surface area contributed by atoms with E-state index >= 15 is 0 Å². The lowest BCUT2D eigenvalue weighted by Crippen LogP contribution is -2.44. The number of aromatic nitrogens is 1. The van der Waals surface area contributed by atoms with Crippen molar-refractivity contribution in [1.29, 1.82) is 0 Å². The summed E-state index contributed by atoms with van der Waals surface area (Å²) in [6.07, 6.45) is 8.05. The molecule has 5 heteroatoms. The first kappa shape index (κ1) is 17.2. The number of amides is 1. The summed E-state index contributed by atoms with van der Waals surface area (Å²) < 4.78 is 5.39. The van der Waals surface area contributed by atoms with Gasteiger partial charge in [-0.3, -0.25) is 9.78 Å². The molecule has 0 N–H and O–H groups in total. The largest absolute Gasteiger partial charge is 0.444 e. The predicted octanol–water partition coefficient (Wildman–Crippen LogP) is 3.31. The lowest BCUT2D eigenvalue weighted by molar-refractivity contribution is -0.119. The number of allylic oxidation sites excluding steroid dienone is 1. The second kappa shape index (κ2) is 7.40. The van der Waals surface area contributed by atoms with E-state index < -0.39 is 5.60 Å². The van der Waals surface area contributed by atoms with Crippen LogP contribution in [0.4, 0.5) is 4.79 Å². The van der Waals surface area contributed by atoms with Crippen molar-refractivity contribution < 1.29 is 14.3 Å². The van der Waals surface area contributed by atoms with E-state index in [2.05, 4.69) is 4.98 Å². The molecule has 1 aromatic heterocycles. The Morgan fingerprint density at radius 2 is 2.00 bits per heavy atom. The monoisotopic (exact) mass is 316 g/mol. The highest BCUT2D eigenvalue weighted by Crippen LogP contribution is 2.20. The third-order valence-electron chi connectivity index (χ3n) is 3.62. The maximum atomic E-state index is 12.3. The highest BCUT2D eigenvalue weighted by Gasteiger charge is 2.29. The molecule has 0 aromatic carbocycles. The van der Waals surface area contributed by atoms with Gasteiger partial charge in [0.1, 0.15) is 5.60 Å². The summed E-state index contributed by atoms with van der Waals surface area (Å²) in [5.74, 6) is -0.107. The summed E-state index contributed by atoms with van der Waals surface area (Å²) in [5, 5.41) is 0. The summed E-state index contributed by atoms with van der Waals surface area (Å²) >= 11 is 0. The van der Waals surface area contributed by atoms with Gasteiger partial charge < -0.3 is 9.64 Å². The summed E-state index contributed by atoms with van der Waals surface area (Å²) in [4.78, 5) is 30.1. The topological polar surface area (TPSA) is 59.5 Å². The second-order valence-corrected chi connectivity index (χ2v) is 6.78. The van der Waals surface area contributed by atoms with Crippen LogP contribution in [0.1, 0.15) is 39.2 Å². The van der Waals surface area contributed by atoms with Gasteiger partial charge in [0.05, 0.1) is 0 Å². The van der Waals surface area contributed by atoms with Crippen molar-refractivity contribution >= 4 is 18.0 Å². The van der Waals surface area contributed by atoms with Crippen LogP contribution < -0.4 is 0 Å². The van der Waals surface area contributed by atoms with Crippen molar-refractivity contribution in [2.45, 2.75) is 39.2 Å². The van der Waals surface area contributed by atoms with E-state index in [1.54, 1.807) is 29.4 Å². The van der Waals surface area contributed by atoms with Gasteiger partial charge in [0, 0.05) is 31.4 Å². The molecule has 0 radical (unpaired) electrons. The van der Waals surface area contributed by atoms with Crippen LogP contribution >= 0.6 is 0 Å². The van der Waals surface area contributed by atoms with Gasteiger partial charge in [-0.1, -0.05) is 6.08 Å². The summed E-state index contributed by atoms with van der Waals surface area (Å²) in [6.45, 7) is 6.60. The second-order valence-electron chi connectivity index (χ2n) is 6.78. The van der Waals surface area contributed by atoms with Gasteiger partial charge in [0.25, 0.3) is 0 Å². The zero-order chi connectivity index (χ0) is 16.9. The number of ether oxygens (including phenoxy) is 1. The van der Waals surface area contributed by atoms with Crippen molar-refractivity contribution in [2.75, 3.05) is 13.1 Å². The van der Waals surface area contributed by atoms with Gasteiger partial charge >= 0.3 is 6.09 Å². The Labute approximate surface area is 137 Å². The molecule has 1 amide bonds. The zero-order valence-corrected chi connectivity index (χ0v) is 14.0. The van der Waals surface area contributed by atoms with Gasteiger partial charge in [-0.05, 0) is 57.4 Å². The number of carbonyl (C=O) groups excluding carboxylic acids is 2. The molecule has 23 heavy (non-hydrogen) atoms. The standard InChI is InChI=1S/C18H24N2O3/c1-18(2,3)23-17(22)20-12-4-5-15(13-20)16(21)7-6-14-8-10-19-11-9-14/h6-11,15H,4-5,12-13H2,1-3H3/b7-6+. The average Bonchev–Trinajstić information content (AvgIpc) is 2.52. The number of hydrogen-bond acceptors (Lipinski definition) is 4. The van der Waals surface area contributed by atoms with Crippen LogP contribution in [-0.4, -0.2) is 40.5 Å². The van der Waals surface area contributed by atoms with Gasteiger partial charge in [0.15, 0.2) is 5.78 Å². The number of nitrogens with zero attached hydrogens (tertiary/aromatic N) is 2. The van der Waals surface area contributed by atoms with Crippen LogP contribution in [0.2, 0.25) is 0 Å². The van der Waals surface area contributed by atoms with Crippen LogP contribution in [0.25, 0.3) is 6.08 Å². The maximum absolute atomic E-state index is 12.3. The Bertz CT molecular complexity index is 576. The van der Waals surface area contributed by atoms with Crippen LogP contribution in [0.3, 0.4) is 0 Å².